The Balaban J connectivity index is 2.14. The van der Waals surface area contributed by atoms with Gasteiger partial charge in [0.05, 0.1) is 6.20 Å². The first kappa shape index (κ1) is 10.0. The summed E-state index contributed by atoms with van der Waals surface area (Å²) >= 11 is 1.56. The summed E-state index contributed by atoms with van der Waals surface area (Å²) in [7, 11) is 1.85. The average Bonchev–Trinajstić information content (AvgIpc) is 2.76. The lowest BCUT2D eigenvalue weighted by molar-refractivity contribution is 0.736. The van der Waals surface area contributed by atoms with Crippen molar-refractivity contribution >= 4 is 23.5 Å². The van der Waals surface area contributed by atoms with Crippen molar-refractivity contribution in [2.24, 2.45) is 7.05 Å². The molecule has 2 aromatic heterocycles. The van der Waals surface area contributed by atoms with Gasteiger partial charge in [0, 0.05) is 7.05 Å². The van der Waals surface area contributed by atoms with E-state index < -0.39 is 0 Å². The first-order chi connectivity index (χ1) is 7.19. The number of H-pyrrole nitrogens is 1. The molecule has 0 amide bonds. The fraction of sp³-hybridized carbons (Fsp3) is 0.375. The summed E-state index contributed by atoms with van der Waals surface area (Å²) in [5.74, 6) is 2.23. The lowest BCUT2D eigenvalue weighted by Gasteiger charge is -1.95. The molecule has 2 aromatic rings. The largest absolute Gasteiger partial charge is 0.320 e. The van der Waals surface area contributed by atoms with Crippen LogP contribution >= 0.6 is 11.8 Å². The molecule has 2 N–H and O–H groups in total. The zero-order chi connectivity index (χ0) is 10.8. The molecule has 7 heteroatoms. The summed E-state index contributed by atoms with van der Waals surface area (Å²) in [6.45, 7) is 1.90. The van der Waals surface area contributed by atoms with E-state index in [9.17, 15) is 0 Å². The standard InChI is InChI=1S/C8H12N6S/c1-5-10-7(13-14(5)2)11-6-4-9-8(12-6)15-3/h4H,1-3H3,(H,9,12)(H,11,13). The molecule has 80 valence electrons. The molecule has 15 heavy (non-hydrogen) atoms. The van der Waals surface area contributed by atoms with E-state index in [1.165, 1.54) is 0 Å². The molecule has 0 bridgehead atoms. The monoisotopic (exact) mass is 224 g/mol. The number of hydrogen-bond donors (Lipinski definition) is 2. The topological polar surface area (TPSA) is 71.4 Å². The van der Waals surface area contributed by atoms with Crippen LogP contribution in [0.2, 0.25) is 0 Å². The first-order valence-electron chi connectivity index (χ1n) is 4.42. The van der Waals surface area contributed by atoms with Crippen LogP contribution < -0.4 is 5.32 Å². The maximum atomic E-state index is 4.23. The molecular weight excluding hydrogens is 212 g/mol. The molecule has 0 unspecified atom stereocenters. The van der Waals surface area contributed by atoms with Gasteiger partial charge in [0.15, 0.2) is 5.16 Å². The number of anilines is 2. The van der Waals surface area contributed by atoms with Crippen molar-refractivity contribution < 1.29 is 0 Å². The Kier molecular flexibility index (Phi) is 2.63. The van der Waals surface area contributed by atoms with Gasteiger partial charge in [0.2, 0.25) is 5.95 Å². The highest BCUT2D eigenvalue weighted by atomic mass is 32.2. The number of aromatic nitrogens is 5. The van der Waals surface area contributed by atoms with Gasteiger partial charge in [0.1, 0.15) is 11.6 Å². The Morgan fingerprint density at radius 1 is 1.53 bits per heavy atom. The fourth-order valence-corrected chi connectivity index (χ4v) is 1.48. The van der Waals surface area contributed by atoms with Crippen LogP contribution in [-0.2, 0) is 7.05 Å². The summed E-state index contributed by atoms with van der Waals surface area (Å²) in [5.41, 5.74) is 0. The van der Waals surface area contributed by atoms with Crippen LogP contribution in [0.5, 0.6) is 0 Å². The van der Waals surface area contributed by atoms with Gasteiger partial charge in [-0.2, -0.15) is 4.98 Å². The second-order valence-corrected chi connectivity index (χ2v) is 3.83. The van der Waals surface area contributed by atoms with E-state index in [0.717, 1.165) is 16.8 Å². The number of nitrogens with one attached hydrogen (secondary N) is 2. The quantitative estimate of drug-likeness (QED) is 0.769. The van der Waals surface area contributed by atoms with Crippen LogP contribution in [0.15, 0.2) is 11.4 Å². The van der Waals surface area contributed by atoms with Crippen molar-refractivity contribution in [2.75, 3.05) is 11.6 Å². The first-order valence-corrected chi connectivity index (χ1v) is 5.65. The predicted molar refractivity (Wildman–Crippen MR) is 59.4 cm³/mol. The van der Waals surface area contributed by atoms with Crippen LogP contribution in [0.4, 0.5) is 11.8 Å². The third kappa shape index (κ3) is 2.12. The van der Waals surface area contributed by atoms with Crippen molar-refractivity contribution in [1.82, 2.24) is 24.7 Å². The molecular formula is C8H12N6S. The molecule has 6 nitrogen and oxygen atoms in total. The zero-order valence-electron chi connectivity index (χ0n) is 8.77. The van der Waals surface area contributed by atoms with Crippen LogP contribution in [0.3, 0.4) is 0 Å². The maximum absolute atomic E-state index is 4.23. The highest BCUT2D eigenvalue weighted by molar-refractivity contribution is 7.98. The van der Waals surface area contributed by atoms with Crippen LogP contribution in [-0.4, -0.2) is 31.0 Å². The summed E-state index contributed by atoms with van der Waals surface area (Å²) in [4.78, 5) is 11.5. The zero-order valence-corrected chi connectivity index (χ0v) is 9.59. The molecule has 0 atom stereocenters. The van der Waals surface area contributed by atoms with Crippen molar-refractivity contribution in [3.05, 3.63) is 12.0 Å². The van der Waals surface area contributed by atoms with Gasteiger partial charge in [0.25, 0.3) is 0 Å². The van der Waals surface area contributed by atoms with Crippen LogP contribution in [0.25, 0.3) is 0 Å². The molecule has 0 saturated heterocycles. The number of imidazole rings is 1. The Morgan fingerprint density at radius 3 is 2.87 bits per heavy atom. The summed E-state index contributed by atoms with van der Waals surface area (Å²) < 4.78 is 1.72. The minimum absolute atomic E-state index is 0.575. The van der Waals surface area contributed by atoms with Gasteiger partial charge in [-0.3, -0.25) is 4.68 Å². The molecule has 2 rings (SSSR count). The minimum Gasteiger partial charge on any atom is -0.320 e. The van der Waals surface area contributed by atoms with Gasteiger partial charge in [-0.1, -0.05) is 11.8 Å². The number of nitrogens with zero attached hydrogens (tertiary/aromatic N) is 4. The second kappa shape index (κ2) is 3.93. The van der Waals surface area contributed by atoms with Gasteiger partial charge >= 0.3 is 0 Å². The lowest BCUT2D eigenvalue weighted by atomic mass is 10.7. The third-order valence-electron chi connectivity index (χ3n) is 1.97. The molecule has 0 fully saturated rings. The van der Waals surface area contributed by atoms with Crippen LogP contribution in [0.1, 0.15) is 5.82 Å². The second-order valence-electron chi connectivity index (χ2n) is 3.04. The van der Waals surface area contributed by atoms with E-state index >= 15 is 0 Å². The minimum atomic E-state index is 0.575. The van der Waals surface area contributed by atoms with E-state index in [1.54, 1.807) is 22.6 Å². The molecule has 0 aliphatic rings. The van der Waals surface area contributed by atoms with E-state index in [0.29, 0.717) is 5.95 Å². The van der Waals surface area contributed by atoms with E-state index in [4.69, 9.17) is 0 Å². The molecule has 0 aromatic carbocycles. The van der Waals surface area contributed by atoms with E-state index in [-0.39, 0.29) is 0 Å². The molecule has 0 aliphatic heterocycles. The highest BCUT2D eigenvalue weighted by Gasteiger charge is 2.04. The smallest absolute Gasteiger partial charge is 0.247 e. The normalized spacial score (nSPS) is 10.6. The van der Waals surface area contributed by atoms with Crippen molar-refractivity contribution in [2.45, 2.75) is 12.1 Å². The van der Waals surface area contributed by atoms with Crippen LogP contribution in [0, 0.1) is 6.92 Å². The average molecular weight is 224 g/mol. The van der Waals surface area contributed by atoms with Crippen molar-refractivity contribution in [1.29, 1.82) is 0 Å². The molecule has 0 aliphatic carbocycles. The number of aromatic amines is 1. The summed E-state index contributed by atoms with van der Waals surface area (Å²) in [6.07, 6.45) is 3.68. The summed E-state index contributed by atoms with van der Waals surface area (Å²) in [6, 6.07) is 0. The van der Waals surface area contributed by atoms with E-state index in [2.05, 4.69) is 25.4 Å². The Morgan fingerprint density at radius 2 is 2.33 bits per heavy atom. The fourth-order valence-electron chi connectivity index (χ4n) is 1.11. The lowest BCUT2D eigenvalue weighted by Crippen LogP contribution is -1.95. The van der Waals surface area contributed by atoms with Gasteiger partial charge in [-0.15, -0.1) is 5.10 Å². The van der Waals surface area contributed by atoms with Crippen molar-refractivity contribution in [3.63, 3.8) is 0 Å². The van der Waals surface area contributed by atoms with Crippen molar-refractivity contribution in [3.8, 4) is 0 Å². The Bertz CT molecular complexity index is 440. The Labute approximate surface area is 91.5 Å². The van der Waals surface area contributed by atoms with Gasteiger partial charge in [-0.25, -0.2) is 4.98 Å². The summed E-state index contributed by atoms with van der Waals surface area (Å²) in [5, 5.41) is 8.09. The van der Waals surface area contributed by atoms with Gasteiger partial charge < -0.3 is 10.3 Å². The third-order valence-corrected chi connectivity index (χ3v) is 2.57. The number of thioether (sulfide) groups is 1. The number of rotatable bonds is 3. The SMILES string of the molecule is CSc1ncc(Nc2nc(C)n(C)n2)[nH]1. The van der Waals surface area contributed by atoms with Gasteiger partial charge in [-0.05, 0) is 13.2 Å². The molecule has 0 spiro atoms. The highest BCUT2D eigenvalue weighted by Crippen LogP contribution is 2.15. The van der Waals surface area contributed by atoms with E-state index in [1.807, 2.05) is 20.2 Å². The number of aryl methyl sites for hydroxylation is 2. The molecule has 0 radical (unpaired) electrons. The maximum Gasteiger partial charge on any atom is 0.247 e. The molecule has 2 heterocycles. The predicted octanol–water partition coefficient (Wildman–Crippen LogP) is 1.31. The Hall–Kier alpha value is -1.50. The number of hydrogen-bond acceptors (Lipinski definition) is 5. The molecule has 0 saturated carbocycles.